The van der Waals surface area contributed by atoms with Crippen LogP contribution >= 0.6 is 11.6 Å². The van der Waals surface area contributed by atoms with Crippen molar-refractivity contribution in [2.75, 3.05) is 5.32 Å². The van der Waals surface area contributed by atoms with E-state index in [4.69, 9.17) is 21.8 Å². The lowest BCUT2D eigenvalue weighted by atomic mass is 10.3. The monoisotopic (exact) mass is 324 g/mol. The molecule has 0 unspecified atom stereocenters. The summed E-state index contributed by atoms with van der Waals surface area (Å²) in [6.45, 7) is -0.473. The van der Waals surface area contributed by atoms with Gasteiger partial charge in [0, 0.05) is 12.3 Å². The minimum absolute atomic E-state index is 0.219. The molecule has 0 bridgehead atoms. The smallest absolute Gasteiger partial charge is 0.356 e. The molecule has 0 saturated carbocycles. The van der Waals surface area contributed by atoms with Crippen LogP contribution in [-0.2, 0) is 11.3 Å². The zero-order valence-electron chi connectivity index (χ0n) is 10.9. The molecule has 0 fully saturated rings. The van der Waals surface area contributed by atoms with Crippen LogP contribution in [-0.4, -0.2) is 42.8 Å². The van der Waals surface area contributed by atoms with Crippen molar-refractivity contribution in [3.8, 4) is 0 Å². The van der Waals surface area contributed by atoms with Gasteiger partial charge in [-0.05, 0) is 12.1 Å². The lowest BCUT2D eigenvalue weighted by Crippen LogP contribution is -2.22. The Labute approximate surface area is 128 Å². The predicted molar refractivity (Wildman–Crippen MR) is 74.0 cm³/mol. The highest BCUT2D eigenvalue weighted by Crippen LogP contribution is 2.10. The average molecular weight is 325 g/mol. The van der Waals surface area contributed by atoms with Gasteiger partial charge in [0.05, 0.1) is 5.02 Å². The van der Waals surface area contributed by atoms with Gasteiger partial charge in [-0.15, -0.1) is 0 Å². The van der Waals surface area contributed by atoms with Crippen molar-refractivity contribution in [3.05, 3.63) is 40.8 Å². The SMILES string of the molecule is O=C(Cn1nc(C(=O)O)cc1C(=O)O)Nc1ccc(Cl)cn1. The van der Waals surface area contributed by atoms with E-state index in [1.54, 1.807) is 0 Å². The van der Waals surface area contributed by atoms with Crippen LogP contribution in [0.4, 0.5) is 5.82 Å². The molecule has 0 aliphatic rings. The number of pyridine rings is 1. The van der Waals surface area contributed by atoms with E-state index >= 15 is 0 Å². The highest BCUT2D eigenvalue weighted by molar-refractivity contribution is 6.30. The Hall–Kier alpha value is -2.94. The lowest BCUT2D eigenvalue weighted by molar-refractivity contribution is -0.116. The normalized spacial score (nSPS) is 10.2. The molecule has 114 valence electrons. The Balaban J connectivity index is 2.15. The first-order valence-corrected chi connectivity index (χ1v) is 6.20. The van der Waals surface area contributed by atoms with Gasteiger partial charge in [-0.3, -0.25) is 4.79 Å². The fourth-order valence-corrected chi connectivity index (χ4v) is 1.69. The minimum atomic E-state index is -1.39. The first kappa shape index (κ1) is 15.4. The summed E-state index contributed by atoms with van der Waals surface area (Å²) in [5, 5.41) is 24.2. The summed E-state index contributed by atoms with van der Waals surface area (Å²) in [6.07, 6.45) is 1.33. The molecule has 0 aromatic carbocycles. The highest BCUT2D eigenvalue weighted by Gasteiger charge is 2.19. The number of anilines is 1. The molecule has 0 radical (unpaired) electrons. The van der Waals surface area contributed by atoms with E-state index in [1.807, 2.05) is 0 Å². The number of amides is 1. The molecular weight excluding hydrogens is 316 g/mol. The Kier molecular flexibility index (Phi) is 4.37. The van der Waals surface area contributed by atoms with Gasteiger partial charge in [0.25, 0.3) is 0 Å². The van der Waals surface area contributed by atoms with E-state index in [2.05, 4.69) is 15.4 Å². The van der Waals surface area contributed by atoms with E-state index < -0.39 is 35.8 Å². The third-order valence-electron chi connectivity index (χ3n) is 2.51. The van der Waals surface area contributed by atoms with Gasteiger partial charge in [-0.2, -0.15) is 5.10 Å². The first-order chi connectivity index (χ1) is 10.4. The van der Waals surface area contributed by atoms with Gasteiger partial charge in [0.1, 0.15) is 18.1 Å². The molecule has 9 nitrogen and oxygen atoms in total. The Morgan fingerprint density at radius 1 is 1.23 bits per heavy atom. The molecule has 22 heavy (non-hydrogen) atoms. The number of carboxylic acids is 2. The zero-order chi connectivity index (χ0) is 16.3. The van der Waals surface area contributed by atoms with Gasteiger partial charge in [-0.1, -0.05) is 11.6 Å². The van der Waals surface area contributed by atoms with Crippen LogP contribution in [0, 0.1) is 0 Å². The van der Waals surface area contributed by atoms with E-state index in [-0.39, 0.29) is 5.82 Å². The number of halogens is 1. The molecule has 2 aromatic heterocycles. The van der Waals surface area contributed by atoms with Crippen LogP contribution in [0.2, 0.25) is 5.02 Å². The third-order valence-corrected chi connectivity index (χ3v) is 2.73. The summed E-state index contributed by atoms with van der Waals surface area (Å²) >= 11 is 5.66. The number of nitrogens with zero attached hydrogens (tertiary/aromatic N) is 3. The fourth-order valence-electron chi connectivity index (χ4n) is 1.58. The molecule has 2 aromatic rings. The maximum Gasteiger partial charge on any atom is 0.356 e. The molecular formula is C12H9ClN4O5. The Morgan fingerprint density at radius 3 is 2.50 bits per heavy atom. The van der Waals surface area contributed by atoms with Crippen molar-refractivity contribution in [1.82, 2.24) is 14.8 Å². The number of nitrogens with one attached hydrogen (secondary N) is 1. The number of aromatic nitrogens is 3. The van der Waals surface area contributed by atoms with E-state index in [0.717, 1.165) is 10.7 Å². The molecule has 1 amide bonds. The molecule has 0 aliphatic carbocycles. The number of carboxylic acid groups (broad SMARTS) is 2. The van der Waals surface area contributed by atoms with E-state index in [1.165, 1.54) is 18.3 Å². The van der Waals surface area contributed by atoms with Gasteiger partial charge in [0.15, 0.2) is 5.69 Å². The fraction of sp³-hybridized carbons (Fsp3) is 0.0833. The summed E-state index contributed by atoms with van der Waals surface area (Å²) in [5.41, 5.74) is -0.869. The van der Waals surface area contributed by atoms with E-state index in [9.17, 15) is 14.4 Å². The molecule has 10 heteroatoms. The van der Waals surface area contributed by atoms with Crippen LogP contribution in [0.15, 0.2) is 24.4 Å². The van der Waals surface area contributed by atoms with Gasteiger partial charge in [-0.25, -0.2) is 19.3 Å². The number of aromatic carboxylic acids is 2. The predicted octanol–water partition coefficient (Wildman–Crippen LogP) is 0.967. The third kappa shape index (κ3) is 3.58. The molecule has 3 N–H and O–H groups in total. The molecule has 0 aliphatic heterocycles. The number of rotatable bonds is 5. The lowest BCUT2D eigenvalue weighted by Gasteiger charge is -2.06. The van der Waals surface area contributed by atoms with Crippen molar-refractivity contribution >= 4 is 35.3 Å². The van der Waals surface area contributed by atoms with Gasteiger partial charge >= 0.3 is 11.9 Å². The van der Waals surface area contributed by atoms with Crippen LogP contribution in [0.1, 0.15) is 21.0 Å². The van der Waals surface area contributed by atoms with Gasteiger partial charge < -0.3 is 15.5 Å². The average Bonchev–Trinajstić information content (AvgIpc) is 2.85. The quantitative estimate of drug-likeness (QED) is 0.745. The van der Waals surface area contributed by atoms with Crippen LogP contribution in [0.3, 0.4) is 0 Å². The summed E-state index contributed by atoms with van der Waals surface area (Å²) in [7, 11) is 0. The zero-order valence-corrected chi connectivity index (χ0v) is 11.6. The summed E-state index contributed by atoms with van der Waals surface area (Å²) < 4.78 is 0.789. The van der Waals surface area contributed by atoms with Crippen LogP contribution in [0.5, 0.6) is 0 Å². The number of hydrogen-bond donors (Lipinski definition) is 3. The molecule has 0 spiro atoms. The summed E-state index contributed by atoms with van der Waals surface area (Å²) in [5.74, 6) is -3.17. The second-order valence-corrected chi connectivity index (χ2v) is 4.53. The number of carbonyl (C=O) groups excluding carboxylic acids is 1. The van der Waals surface area contributed by atoms with Crippen LogP contribution in [0.25, 0.3) is 0 Å². The van der Waals surface area contributed by atoms with Crippen molar-refractivity contribution in [1.29, 1.82) is 0 Å². The summed E-state index contributed by atoms with van der Waals surface area (Å²) in [4.78, 5) is 37.5. The Bertz CT molecular complexity index is 740. The standard InChI is InChI=1S/C12H9ClN4O5/c13-6-1-2-9(14-4-6)15-10(18)5-17-8(12(21)22)3-7(16-17)11(19)20/h1-4H,5H2,(H,19,20)(H,21,22)(H,14,15,18). The minimum Gasteiger partial charge on any atom is -0.477 e. The van der Waals surface area contributed by atoms with E-state index in [0.29, 0.717) is 5.02 Å². The summed E-state index contributed by atoms with van der Waals surface area (Å²) in [6, 6.07) is 3.85. The molecule has 2 rings (SSSR count). The Morgan fingerprint density at radius 2 is 1.95 bits per heavy atom. The molecule has 2 heterocycles. The maximum atomic E-state index is 11.8. The van der Waals surface area contributed by atoms with Crippen molar-refractivity contribution in [3.63, 3.8) is 0 Å². The number of carbonyl (C=O) groups is 3. The van der Waals surface area contributed by atoms with Crippen molar-refractivity contribution in [2.24, 2.45) is 0 Å². The highest BCUT2D eigenvalue weighted by atomic mass is 35.5. The second kappa shape index (κ2) is 6.22. The maximum absolute atomic E-state index is 11.8. The largest absolute Gasteiger partial charge is 0.477 e. The van der Waals surface area contributed by atoms with Crippen LogP contribution < -0.4 is 5.32 Å². The van der Waals surface area contributed by atoms with Gasteiger partial charge in [0.2, 0.25) is 5.91 Å². The molecule has 0 saturated heterocycles. The van der Waals surface area contributed by atoms with Crippen molar-refractivity contribution in [2.45, 2.75) is 6.54 Å². The second-order valence-electron chi connectivity index (χ2n) is 4.09. The molecule has 0 atom stereocenters. The first-order valence-electron chi connectivity index (χ1n) is 5.82. The topological polar surface area (TPSA) is 134 Å². The van der Waals surface area contributed by atoms with Crippen molar-refractivity contribution < 1.29 is 24.6 Å². The number of hydrogen-bond acceptors (Lipinski definition) is 5.